The van der Waals surface area contributed by atoms with Crippen molar-refractivity contribution in [3.8, 4) is 0 Å². The number of morpholine rings is 1. The van der Waals surface area contributed by atoms with E-state index in [4.69, 9.17) is 20.1 Å². The van der Waals surface area contributed by atoms with Gasteiger partial charge in [-0.1, -0.05) is 6.92 Å². The van der Waals surface area contributed by atoms with Gasteiger partial charge in [0, 0.05) is 13.1 Å². The van der Waals surface area contributed by atoms with E-state index in [9.17, 15) is 0 Å². The van der Waals surface area contributed by atoms with Gasteiger partial charge in [0.2, 0.25) is 0 Å². The van der Waals surface area contributed by atoms with Gasteiger partial charge in [-0.2, -0.15) is 0 Å². The SMILES string of the molecule is CCN1CCOCC1.O=[N+]([O-])O. The zero-order valence-corrected chi connectivity index (χ0v) is 7.10. The van der Waals surface area contributed by atoms with E-state index >= 15 is 0 Å². The van der Waals surface area contributed by atoms with Gasteiger partial charge >= 0.3 is 0 Å². The second kappa shape index (κ2) is 6.81. The van der Waals surface area contributed by atoms with Crippen molar-refractivity contribution in [2.24, 2.45) is 0 Å². The number of nitrogens with zero attached hydrogens (tertiary/aromatic N) is 2. The summed E-state index contributed by atoms with van der Waals surface area (Å²) in [6.45, 7) is 7.45. The van der Waals surface area contributed by atoms with Gasteiger partial charge in [-0.25, -0.2) is 0 Å². The molecule has 0 aromatic rings. The summed E-state index contributed by atoms with van der Waals surface area (Å²) >= 11 is 0. The van der Waals surface area contributed by atoms with E-state index in [-0.39, 0.29) is 0 Å². The van der Waals surface area contributed by atoms with Crippen LogP contribution in [0.1, 0.15) is 6.92 Å². The molecule has 1 N–H and O–H groups in total. The zero-order valence-electron chi connectivity index (χ0n) is 7.10. The van der Waals surface area contributed by atoms with E-state index in [1.165, 1.54) is 6.54 Å². The molecule has 0 amide bonds. The molecule has 1 rings (SSSR count). The van der Waals surface area contributed by atoms with Crippen LogP contribution in [0.15, 0.2) is 0 Å². The maximum Gasteiger partial charge on any atom is 0.291 e. The van der Waals surface area contributed by atoms with E-state index in [1.807, 2.05) is 0 Å². The van der Waals surface area contributed by atoms with Crippen molar-refractivity contribution in [3.05, 3.63) is 10.1 Å². The Hall–Kier alpha value is -0.880. The van der Waals surface area contributed by atoms with Crippen LogP contribution in [-0.2, 0) is 4.74 Å². The van der Waals surface area contributed by atoms with Gasteiger partial charge in [0.1, 0.15) is 0 Å². The number of hydrogen-bond donors (Lipinski definition) is 1. The fourth-order valence-corrected chi connectivity index (χ4v) is 0.917. The lowest BCUT2D eigenvalue weighted by atomic mass is 10.4. The molecule has 1 heterocycles. The molecule has 1 aliphatic rings. The third kappa shape index (κ3) is 7.23. The summed E-state index contributed by atoms with van der Waals surface area (Å²) in [5.41, 5.74) is 0. The van der Waals surface area contributed by atoms with Crippen LogP contribution < -0.4 is 0 Å². The zero-order chi connectivity index (χ0) is 9.40. The highest BCUT2D eigenvalue weighted by Crippen LogP contribution is 1.93. The minimum Gasteiger partial charge on any atom is -0.379 e. The molecule has 1 fully saturated rings. The third-order valence-electron chi connectivity index (χ3n) is 1.55. The third-order valence-corrected chi connectivity index (χ3v) is 1.55. The Morgan fingerprint density at radius 1 is 1.58 bits per heavy atom. The minimum atomic E-state index is -1.50. The molecule has 0 aromatic heterocycles. The summed E-state index contributed by atoms with van der Waals surface area (Å²) in [5, 5.41) is 13.6. The van der Waals surface area contributed by atoms with Crippen LogP contribution >= 0.6 is 0 Å². The molecule has 12 heavy (non-hydrogen) atoms. The summed E-state index contributed by atoms with van der Waals surface area (Å²) in [5.74, 6) is 0. The van der Waals surface area contributed by atoms with Gasteiger partial charge in [0.25, 0.3) is 5.09 Å². The number of ether oxygens (including phenoxy) is 1. The van der Waals surface area contributed by atoms with Crippen LogP contribution in [0.3, 0.4) is 0 Å². The van der Waals surface area contributed by atoms with Gasteiger partial charge in [-0.05, 0) is 6.54 Å². The normalized spacial score (nSPS) is 17.8. The molecule has 0 radical (unpaired) electrons. The Balaban J connectivity index is 0.000000261. The van der Waals surface area contributed by atoms with Crippen molar-refractivity contribution in [1.82, 2.24) is 4.90 Å². The van der Waals surface area contributed by atoms with Gasteiger partial charge in [-0.15, -0.1) is 10.1 Å². The Labute approximate surface area is 70.8 Å². The topological polar surface area (TPSA) is 75.8 Å². The van der Waals surface area contributed by atoms with Crippen molar-refractivity contribution in [3.63, 3.8) is 0 Å². The number of likely N-dealkylation sites (N-methyl/N-ethyl adjacent to an activating group) is 1. The van der Waals surface area contributed by atoms with Gasteiger partial charge < -0.3 is 9.94 Å². The quantitative estimate of drug-likeness (QED) is 0.451. The number of rotatable bonds is 1. The molecule has 0 aliphatic carbocycles. The van der Waals surface area contributed by atoms with Crippen LogP contribution in [0.25, 0.3) is 0 Å². The van der Waals surface area contributed by atoms with E-state index in [0.717, 1.165) is 26.3 Å². The highest BCUT2D eigenvalue weighted by molar-refractivity contribution is 4.57. The van der Waals surface area contributed by atoms with Crippen molar-refractivity contribution in [1.29, 1.82) is 0 Å². The number of hydrogen-bond acceptors (Lipinski definition) is 4. The summed E-state index contributed by atoms with van der Waals surface area (Å²) in [6.07, 6.45) is 0. The predicted molar refractivity (Wildman–Crippen MR) is 41.7 cm³/mol. The van der Waals surface area contributed by atoms with Crippen molar-refractivity contribution in [2.75, 3.05) is 32.8 Å². The highest BCUT2D eigenvalue weighted by Gasteiger charge is 2.05. The van der Waals surface area contributed by atoms with Crippen LogP contribution in [0.2, 0.25) is 0 Å². The maximum atomic E-state index is 8.36. The summed E-state index contributed by atoms with van der Waals surface area (Å²) in [6, 6.07) is 0. The Bertz CT molecular complexity index is 121. The maximum absolute atomic E-state index is 8.36. The molecule has 0 bridgehead atoms. The predicted octanol–water partition coefficient (Wildman–Crippen LogP) is -0.00920. The van der Waals surface area contributed by atoms with E-state index < -0.39 is 5.09 Å². The second-order valence-corrected chi connectivity index (χ2v) is 2.28. The van der Waals surface area contributed by atoms with E-state index in [1.54, 1.807) is 0 Å². The fourth-order valence-electron chi connectivity index (χ4n) is 0.917. The van der Waals surface area contributed by atoms with E-state index in [0.29, 0.717) is 0 Å². The Kier molecular flexibility index (Phi) is 6.31. The average molecular weight is 178 g/mol. The first-order valence-corrected chi connectivity index (χ1v) is 3.80. The lowest BCUT2D eigenvalue weighted by molar-refractivity contribution is -0.742. The molecule has 0 atom stereocenters. The first-order chi connectivity index (χ1) is 5.66. The molecular weight excluding hydrogens is 164 g/mol. The van der Waals surface area contributed by atoms with Crippen LogP contribution in [-0.4, -0.2) is 48.0 Å². The fraction of sp³-hybridized carbons (Fsp3) is 1.00. The highest BCUT2D eigenvalue weighted by atomic mass is 16.9. The molecule has 0 saturated carbocycles. The monoisotopic (exact) mass is 178 g/mol. The van der Waals surface area contributed by atoms with Gasteiger partial charge in [0.15, 0.2) is 0 Å². The minimum absolute atomic E-state index is 0.924. The average Bonchev–Trinajstić information content (AvgIpc) is 2.05. The molecule has 72 valence electrons. The molecule has 0 spiro atoms. The second-order valence-electron chi connectivity index (χ2n) is 2.28. The van der Waals surface area contributed by atoms with Crippen molar-refractivity contribution in [2.45, 2.75) is 6.92 Å². The molecule has 1 saturated heterocycles. The van der Waals surface area contributed by atoms with Crippen molar-refractivity contribution < 1.29 is 15.0 Å². The van der Waals surface area contributed by atoms with Gasteiger partial charge in [-0.3, -0.25) is 4.90 Å². The molecule has 0 aromatic carbocycles. The molecule has 6 heteroatoms. The molecule has 0 unspecified atom stereocenters. The lowest BCUT2D eigenvalue weighted by Crippen LogP contribution is -2.35. The van der Waals surface area contributed by atoms with Gasteiger partial charge in [0.05, 0.1) is 13.2 Å². The van der Waals surface area contributed by atoms with Crippen LogP contribution in [0, 0.1) is 10.1 Å². The Morgan fingerprint density at radius 2 is 2.00 bits per heavy atom. The van der Waals surface area contributed by atoms with Crippen molar-refractivity contribution >= 4 is 0 Å². The first-order valence-electron chi connectivity index (χ1n) is 3.80. The summed E-state index contributed by atoms with van der Waals surface area (Å²) < 4.78 is 5.16. The molecule has 1 aliphatic heterocycles. The largest absolute Gasteiger partial charge is 0.379 e. The summed E-state index contributed by atoms with van der Waals surface area (Å²) in [7, 11) is 0. The molecule has 6 nitrogen and oxygen atoms in total. The lowest BCUT2D eigenvalue weighted by Gasteiger charge is -2.24. The standard InChI is InChI=1S/C6H13NO.HNO3/c1-2-7-3-5-8-6-4-7;2-1(3)4/h2-6H2,1H3;(H,2,3,4). The molecular formula is C6H14N2O4. The van der Waals surface area contributed by atoms with Crippen LogP contribution in [0.5, 0.6) is 0 Å². The smallest absolute Gasteiger partial charge is 0.291 e. The van der Waals surface area contributed by atoms with E-state index in [2.05, 4.69) is 11.8 Å². The first kappa shape index (κ1) is 11.1. The van der Waals surface area contributed by atoms with Crippen LogP contribution in [0.4, 0.5) is 0 Å². The Morgan fingerprint density at radius 3 is 2.25 bits per heavy atom. The summed E-state index contributed by atoms with van der Waals surface area (Å²) in [4.78, 5) is 10.8.